The van der Waals surface area contributed by atoms with Crippen LogP contribution in [-0.2, 0) is 6.42 Å². The maximum absolute atomic E-state index is 4.28. The molecule has 0 aliphatic rings. The van der Waals surface area contributed by atoms with Gasteiger partial charge in [0.2, 0.25) is 0 Å². The summed E-state index contributed by atoms with van der Waals surface area (Å²) in [6.07, 6.45) is 1.97. The van der Waals surface area contributed by atoms with Crippen LogP contribution in [0.15, 0.2) is 5.38 Å². The molecule has 0 fully saturated rings. The molecule has 1 heterocycles. The van der Waals surface area contributed by atoms with Gasteiger partial charge >= 0.3 is 0 Å². The predicted octanol–water partition coefficient (Wildman–Crippen LogP) is 2.22. The van der Waals surface area contributed by atoms with Gasteiger partial charge in [0.05, 0.1) is 10.7 Å². The average Bonchev–Trinajstić information content (AvgIpc) is 2.17. The van der Waals surface area contributed by atoms with Crippen LogP contribution in [0.2, 0.25) is 0 Å². The van der Waals surface area contributed by atoms with E-state index in [1.807, 2.05) is 6.92 Å². The summed E-state index contributed by atoms with van der Waals surface area (Å²) in [7, 11) is 0. The highest BCUT2D eigenvalue weighted by atomic mass is 32.1. The molecule has 0 bridgehead atoms. The van der Waals surface area contributed by atoms with Gasteiger partial charge in [0.15, 0.2) is 0 Å². The monoisotopic (exact) mass is 140 g/mol. The van der Waals surface area contributed by atoms with E-state index in [1.54, 1.807) is 11.3 Å². The summed E-state index contributed by atoms with van der Waals surface area (Å²) in [6, 6.07) is 0. The van der Waals surface area contributed by atoms with Crippen LogP contribution < -0.4 is 0 Å². The second-order valence-corrected chi connectivity index (χ2v) is 3.02. The molecule has 0 N–H and O–H groups in total. The van der Waals surface area contributed by atoms with Gasteiger partial charge in [-0.15, -0.1) is 11.3 Å². The maximum atomic E-state index is 4.28. The van der Waals surface area contributed by atoms with Crippen molar-refractivity contribution < 1.29 is 0 Å². The van der Waals surface area contributed by atoms with E-state index in [0.29, 0.717) is 0 Å². The second kappa shape index (κ2) is 2.97. The molecule has 49 valence electrons. The van der Waals surface area contributed by atoms with Crippen LogP contribution in [0.5, 0.6) is 0 Å². The molecule has 0 aliphatic heterocycles. The van der Waals surface area contributed by atoms with Crippen molar-refractivity contribution in [3.05, 3.63) is 23.0 Å². The molecule has 0 amide bonds. The summed E-state index contributed by atoms with van der Waals surface area (Å²) in [5.41, 5.74) is 1.19. The third kappa shape index (κ3) is 1.79. The van der Waals surface area contributed by atoms with Crippen molar-refractivity contribution in [1.82, 2.24) is 4.98 Å². The first-order chi connectivity index (χ1) is 4.33. The van der Waals surface area contributed by atoms with Crippen molar-refractivity contribution in [3.8, 4) is 0 Å². The van der Waals surface area contributed by atoms with Crippen molar-refractivity contribution in [2.24, 2.45) is 0 Å². The lowest BCUT2D eigenvalue weighted by Crippen LogP contribution is -1.81. The molecular formula is C7H10NS. The van der Waals surface area contributed by atoms with E-state index in [9.17, 15) is 0 Å². The minimum Gasteiger partial charge on any atom is -0.247 e. The number of hydrogen-bond donors (Lipinski definition) is 0. The van der Waals surface area contributed by atoms with Gasteiger partial charge < -0.3 is 0 Å². The molecule has 2 heteroatoms. The zero-order valence-corrected chi connectivity index (χ0v) is 6.37. The Morgan fingerprint density at radius 3 is 3.00 bits per heavy atom. The number of hydrogen-bond acceptors (Lipinski definition) is 2. The van der Waals surface area contributed by atoms with E-state index >= 15 is 0 Å². The largest absolute Gasteiger partial charge is 0.247 e. The van der Waals surface area contributed by atoms with E-state index in [0.717, 1.165) is 17.8 Å². The number of rotatable bonds is 2. The van der Waals surface area contributed by atoms with Crippen LogP contribution in [0.4, 0.5) is 0 Å². The van der Waals surface area contributed by atoms with Gasteiger partial charge in [-0.3, -0.25) is 0 Å². The van der Waals surface area contributed by atoms with Crippen molar-refractivity contribution in [1.29, 1.82) is 0 Å². The van der Waals surface area contributed by atoms with Gasteiger partial charge in [-0.2, -0.15) is 0 Å². The zero-order valence-electron chi connectivity index (χ0n) is 5.55. The zero-order chi connectivity index (χ0) is 6.69. The first kappa shape index (κ1) is 6.75. The van der Waals surface area contributed by atoms with E-state index in [4.69, 9.17) is 0 Å². The van der Waals surface area contributed by atoms with Crippen molar-refractivity contribution in [2.75, 3.05) is 0 Å². The fourth-order valence-electron chi connectivity index (χ4n) is 0.704. The lowest BCUT2D eigenvalue weighted by Gasteiger charge is -1.85. The second-order valence-electron chi connectivity index (χ2n) is 1.96. The first-order valence-corrected chi connectivity index (χ1v) is 3.91. The molecule has 0 spiro atoms. The minimum atomic E-state index is 0.948. The molecule has 0 aromatic carbocycles. The van der Waals surface area contributed by atoms with Crippen LogP contribution in [0.25, 0.3) is 0 Å². The Morgan fingerprint density at radius 2 is 2.56 bits per heavy atom. The van der Waals surface area contributed by atoms with Gasteiger partial charge in [0.1, 0.15) is 0 Å². The summed E-state index contributed by atoms with van der Waals surface area (Å²) >= 11 is 1.71. The Balaban J connectivity index is 2.61. The fraction of sp³-hybridized carbons (Fsp3) is 0.429. The predicted molar refractivity (Wildman–Crippen MR) is 40.5 cm³/mol. The topological polar surface area (TPSA) is 12.9 Å². The normalized spacial score (nSPS) is 10.0. The lowest BCUT2D eigenvalue weighted by molar-refractivity contribution is 0.949. The molecule has 0 saturated carbocycles. The Hall–Kier alpha value is -0.370. The standard InChI is InChI=1S/C7H10NS/c1-3-4-7-5-9-6(2)8-7/h5H,1,3-4H2,2H3. The number of aryl methyl sites for hydroxylation is 2. The smallest absolute Gasteiger partial charge is 0.0897 e. The molecule has 1 nitrogen and oxygen atoms in total. The van der Waals surface area contributed by atoms with E-state index < -0.39 is 0 Å². The number of thiazole rings is 1. The van der Waals surface area contributed by atoms with E-state index in [-0.39, 0.29) is 0 Å². The van der Waals surface area contributed by atoms with Crippen LogP contribution in [0, 0.1) is 13.8 Å². The molecule has 1 radical (unpaired) electrons. The van der Waals surface area contributed by atoms with Gasteiger partial charge in [-0.05, 0) is 19.8 Å². The van der Waals surface area contributed by atoms with Gasteiger partial charge in [-0.1, -0.05) is 6.92 Å². The molecule has 1 rings (SSSR count). The highest BCUT2D eigenvalue weighted by Crippen LogP contribution is 2.08. The minimum absolute atomic E-state index is 0.948. The highest BCUT2D eigenvalue weighted by molar-refractivity contribution is 7.09. The SMILES string of the molecule is [CH2]CCc1csc(C)n1. The number of nitrogens with zero attached hydrogens (tertiary/aromatic N) is 1. The summed E-state index contributed by atoms with van der Waals surface area (Å²) in [5, 5.41) is 3.25. The Kier molecular flexibility index (Phi) is 2.22. The molecule has 0 aliphatic carbocycles. The Morgan fingerprint density at radius 1 is 1.78 bits per heavy atom. The Bertz CT molecular complexity index is 181. The Labute approximate surface area is 59.8 Å². The molecule has 0 atom stereocenters. The molecule has 0 saturated heterocycles. The fourth-order valence-corrected chi connectivity index (χ4v) is 1.35. The lowest BCUT2D eigenvalue weighted by atomic mass is 10.3. The average molecular weight is 140 g/mol. The van der Waals surface area contributed by atoms with Crippen molar-refractivity contribution in [2.45, 2.75) is 19.8 Å². The third-order valence-electron chi connectivity index (χ3n) is 1.10. The first-order valence-electron chi connectivity index (χ1n) is 3.03. The summed E-state index contributed by atoms with van der Waals surface area (Å²) in [5.74, 6) is 0. The quantitative estimate of drug-likeness (QED) is 0.613. The molecular weight excluding hydrogens is 130 g/mol. The maximum Gasteiger partial charge on any atom is 0.0897 e. The van der Waals surface area contributed by atoms with E-state index in [1.165, 1.54) is 5.69 Å². The molecule has 9 heavy (non-hydrogen) atoms. The molecule has 1 aromatic heterocycles. The molecule has 1 aromatic rings. The van der Waals surface area contributed by atoms with Crippen LogP contribution in [-0.4, -0.2) is 4.98 Å². The highest BCUT2D eigenvalue weighted by Gasteiger charge is 1.93. The summed E-state index contributed by atoms with van der Waals surface area (Å²) < 4.78 is 0. The van der Waals surface area contributed by atoms with E-state index in [2.05, 4.69) is 17.3 Å². The summed E-state index contributed by atoms with van der Waals surface area (Å²) in [6.45, 7) is 5.78. The third-order valence-corrected chi connectivity index (χ3v) is 1.92. The van der Waals surface area contributed by atoms with Gasteiger partial charge in [0, 0.05) is 5.38 Å². The van der Waals surface area contributed by atoms with Gasteiger partial charge in [0.25, 0.3) is 0 Å². The van der Waals surface area contributed by atoms with Crippen molar-refractivity contribution in [3.63, 3.8) is 0 Å². The van der Waals surface area contributed by atoms with Crippen molar-refractivity contribution >= 4 is 11.3 Å². The van der Waals surface area contributed by atoms with Crippen LogP contribution in [0.3, 0.4) is 0 Å². The summed E-state index contributed by atoms with van der Waals surface area (Å²) in [4.78, 5) is 4.28. The van der Waals surface area contributed by atoms with Gasteiger partial charge in [-0.25, -0.2) is 4.98 Å². The number of aromatic nitrogens is 1. The van der Waals surface area contributed by atoms with Crippen LogP contribution in [0.1, 0.15) is 17.1 Å². The molecule has 0 unspecified atom stereocenters. The van der Waals surface area contributed by atoms with Crippen LogP contribution >= 0.6 is 11.3 Å².